The van der Waals surface area contributed by atoms with Crippen LogP contribution in [0, 0.1) is 23.0 Å². The zero-order valence-corrected chi connectivity index (χ0v) is 19.1. The summed E-state index contributed by atoms with van der Waals surface area (Å²) >= 11 is 0. The largest absolute Gasteiger partial charge is 0.503 e. The van der Waals surface area contributed by atoms with Crippen molar-refractivity contribution < 1.29 is 28.3 Å². The number of nitrogens with zero attached hydrogens (tertiary/aromatic N) is 4. The summed E-state index contributed by atoms with van der Waals surface area (Å²) in [5.41, 5.74) is -2.65. The smallest absolute Gasteiger partial charge is 0.274 e. The van der Waals surface area contributed by atoms with Crippen molar-refractivity contribution in [2.24, 2.45) is 5.16 Å². The van der Waals surface area contributed by atoms with E-state index in [1.54, 1.807) is 4.90 Å². The Kier molecular flexibility index (Phi) is 5.50. The van der Waals surface area contributed by atoms with Crippen LogP contribution >= 0.6 is 0 Å². The minimum Gasteiger partial charge on any atom is -0.503 e. The van der Waals surface area contributed by atoms with E-state index in [9.17, 15) is 33.5 Å². The second kappa shape index (κ2) is 8.44. The molecule has 2 N–H and O–H groups in total. The van der Waals surface area contributed by atoms with Crippen molar-refractivity contribution in [3.8, 4) is 11.8 Å². The van der Waals surface area contributed by atoms with Crippen molar-refractivity contribution in [1.29, 1.82) is 5.26 Å². The highest BCUT2D eigenvalue weighted by molar-refractivity contribution is 6.01. The van der Waals surface area contributed by atoms with Crippen LogP contribution in [-0.4, -0.2) is 50.3 Å². The Morgan fingerprint density at radius 2 is 2.17 bits per heavy atom. The average molecular weight is 497 g/mol. The molecule has 1 fully saturated rings. The normalized spacial score (nSPS) is 24.4. The Balaban J connectivity index is 1.55. The monoisotopic (exact) mass is 497 g/mol. The number of fused-ring (bicyclic) bond motifs is 5. The van der Waals surface area contributed by atoms with Gasteiger partial charge in [0.2, 0.25) is 5.43 Å². The molecule has 3 aliphatic rings. The summed E-state index contributed by atoms with van der Waals surface area (Å²) in [6.07, 6.45) is 2.32. The first-order valence-electron chi connectivity index (χ1n) is 11.3. The number of carbonyl (C=O) groups excluding carboxylic acids is 2. The highest BCUT2D eigenvalue weighted by Gasteiger charge is 2.54. The standard InChI is InChI=1S/C24H21F2N5O5/c1-12-4-5-24(7-15(8-27)29-36-24)18-11-30(12)23(35)19-21(33)20(32)16(10-31(18)19)22(34)28-9-13-2-3-14(25)6-17(13)26/h2-3,6,10,12,18,33H,4-5,7,9,11H2,1H3,(H,28,34)/t12-,18+,24-/m0/s1. The molecule has 0 unspecified atom stereocenters. The van der Waals surface area contributed by atoms with Crippen molar-refractivity contribution in [3.63, 3.8) is 0 Å². The molecule has 1 saturated heterocycles. The predicted molar refractivity (Wildman–Crippen MR) is 120 cm³/mol. The summed E-state index contributed by atoms with van der Waals surface area (Å²) in [4.78, 5) is 46.4. The molecule has 186 valence electrons. The maximum Gasteiger partial charge on any atom is 0.274 e. The van der Waals surface area contributed by atoms with E-state index in [4.69, 9.17) is 4.84 Å². The number of benzene rings is 1. The minimum atomic E-state index is -1.06. The van der Waals surface area contributed by atoms with E-state index >= 15 is 0 Å². The Hall–Kier alpha value is -4.27. The number of aromatic nitrogens is 1. The second-order valence-corrected chi connectivity index (χ2v) is 9.24. The average Bonchev–Trinajstić information content (AvgIpc) is 3.23. The lowest BCUT2D eigenvalue weighted by molar-refractivity contribution is -0.0655. The molecule has 1 aromatic heterocycles. The van der Waals surface area contributed by atoms with Gasteiger partial charge in [-0.3, -0.25) is 14.4 Å². The second-order valence-electron chi connectivity index (χ2n) is 9.24. The summed E-state index contributed by atoms with van der Waals surface area (Å²) in [6.45, 7) is 1.66. The van der Waals surface area contributed by atoms with Gasteiger partial charge in [-0.2, -0.15) is 5.26 Å². The lowest BCUT2D eigenvalue weighted by Crippen LogP contribution is -2.52. The molecule has 10 nitrogen and oxygen atoms in total. The van der Waals surface area contributed by atoms with Gasteiger partial charge in [0.05, 0.1) is 6.04 Å². The van der Waals surface area contributed by atoms with Crippen molar-refractivity contribution in [1.82, 2.24) is 14.8 Å². The van der Waals surface area contributed by atoms with Gasteiger partial charge in [0.15, 0.2) is 22.8 Å². The van der Waals surface area contributed by atoms with Gasteiger partial charge < -0.3 is 24.7 Å². The van der Waals surface area contributed by atoms with Gasteiger partial charge in [-0.05, 0) is 25.8 Å². The number of nitriles is 1. The lowest BCUT2D eigenvalue weighted by Gasteiger charge is -2.41. The first-order chi connectivity index (χ1) is 17.1. The number of nitrogens with one attached hydrogen (secondary N) is 1. The third-order valence-electron chi connectivity index (χ3n) is 7.14. The van der Waals surface area contributed by atoms with Crippen LogP contribution in [0.4, 0.5) is 8.78 Å². The summed E-state index contributed by atoms with van der Waals surface area (Å²) in [5, 5.41) is 26.4. The number of aromatic hydroxyl groups is 1. The molecule has 1 spiro atoms. The molecule has 12 heteroatoms. The van der Waals surface area contributed by atoms with Gasteiger partial charge in [0, 0.05) is 43.4 Å². The van der Waals surface area contributed by atoms with E-state index in [1.807, 2.05) is 13.0 Å². The van der Waals surface area contributed by atoms with Crippen molar-refractivity contribution in [3.05, 3.63) is 63.1 Å². The van der Waals surface area contributed by atoms with E-state index in [0.717, 1.165) is 12.1 Å². The first-order valence-corrected chi connectivity index (χ1v) is 11.3. The fourth-order valence-corrected chi connectivity index (χ4v) is 5.11. The molecule has 4 heterocycles. The van der Waals surface area contributed by atoms with Gasteiger partial charge in [-0.1, -0.05) is 11.2 Å². The molecule has 5 rings (SSSR count). The predicted octanol–water partition coefficient (Wildman–Crippen LogP) is 1.98. The van der Waals surface area contributed by atoms with E-state index in [1.165, 1.54) is 10.8 Å². The summed E-state index contributed by atoms with van der Waals surface area (Å²) in [7, 11) is 0. The molecular weight excluding hydrogens is 476 g/mol. The molecule has 0 aliphatic carbocycles. The van der Waals surface area contributed by atoms with Crippen molar-refractivity contribution in [2.45, 2.75) is 50.4 Å². The fraction of sp³-hybridized carbons (Fsp3) is 0.375. The quantitative estimate of drug-likeness (QED) is 0.665. The van der Waals surface area contributed by atoms with Crippen molar-refractivity contribution in [2.75, 3.05) is 6.54 Å². The van der Waals surface area contributed by atoms with Crippen LogP contribution in [0.3, 0.4) is 0 Å². The maximum atomic E-state index is 14.0. The number of halogens is 2. The molecule has 2 amide bonds. The molecule has 3 atom stereocenters. The zero-order valence-electron chi connectivity index (χ0n) is 19.1. The van der Waals surface area contributed by atoms with Gasteiger partial charge in [-0.15, -0.1) is 0 Å². The van der Waals surface area contributed by atoms with Gasteiger partial charge in [0.1, 0.15) is 23.3 Å². The highest BCUT2D eigenvalue weighted by Crippen LogP contribution is 2.46. The molecule has 2 bridgehead atoms. The Morgan fingerprint density at radius 3 is 2.86 bits per heavy atom. The van der Waals surface area contributed by atoms with Crippen LogP contribution in [0.15, 0.2) is 34.3 Å². The SMILES string of the molecule is C[C@H]1CC[C@]2(CC(C#N)=NO2)[C@H]2CN1C(=O)c1c(O)c(=O)c(C(=O)NCc3ccc(F)cc3F)cn12. The molecule has 0 radical (unpaired) electrons. The summed E-state index contributed by atoms with van der Waals surface area (Å²) in [6, 6.07) is 3.96. The highest BCUT2D eigenvalue weighted by atomic mass is 19.1. The number of hydrogen-bond donors (Lipinski definition) is 2. The van der Waals surface area contributed by atoms with Gasteiger partial charge in [0.25, 0.3) is 11.8 Å². The van der Waals surface area contributed by atoms with E-state index in [2.05, 4.69) is 10.5 Å². The van der Waals surface area contributed by atoms with E-state index < -0.39 is 51.8 Å². The Labute approximate surface area is 203 Å². The third kappa shape index (κ3) is 3.59. The number of hydrogen-bond acceptors (Lipinski definition) is 7. The third-order valence-corrected chi connectivity index (χ3v) is 7.14. The number of carbonyl (C=O) groups is 2. The zero-order chi connectivity index (χ0) is 25.8. The fourth-order valence-electron chi connectivity index (χ4n) is 5.11. The first kappa shape index (κ1) is 23.5. The summed E-state index contributed by atoms with van der Waals surface area (Å²) < 4.78 is 28.5. The van der Waals surface area contributed by atoms with E-state index in [0.29, 0.717) is 18.9 Å². The van der Waals surface area contributed by atoms with Crippen LogP contribution in [0.5, 0.6) is 5.75 Å². The van der Waals surface area contributed by atoms with Crippen LogP contribution in [0.2, 0.25) is 0 Å². The molecular formula is C24H21F2N5O5. The Morgan fingerprint density at radius 1 is 1.39 bits per heavy atom. The van der Waals surface area contributed by atoms with Crippen LogP contribution in [0.25, 0.3) is 0 Å². The van der Waals surface area contributed by atoms with Gasteiger partial charge >= 0.3 is 0 Å². The minimum absolute atomic E-state index is 0.00454. The number of rotatable bonds is 3. The van der Waals surface area contributed by atoms with Crippen LogP contribution in [0.1, 0.15) is 58.6 Å². The lowest BCUT2D eigenvalue weighted by atomic mass is 9.84. The van der Waals surface area contributed by atoms with Crippen LogP contribution < -0.4 is 10.7 Å². The summed E-state index contributed by atoms with van der Waals surface area (Å²) in [5.74, 6) is -4.01. The molecule has 3 aliphatic heterocycles. The van der Waals surface area contributed by atoms with E-state index in [-0.39, 0.29) is 42.5 Å². The van der Waals surface area contributed by atoms with Crippen LogP contribution in [-0.2, 0) is 11.4 Å². The molecule has 0 saturated carbocycles. The maximum absolute atomic E-state index is 14.0. The topological polar surface area (TPSA) is 137 Å². The van der Waals surface area contributed by atoms with Crippen molar-refractivity contribution >= 4 is 17.5 Å². The number of pyridine rings is 1. The number of oxime groups is 1. The Bertz CT molecular complexity index is 1430. The number of amides is 2. The molecule has 2 aromatic rings. The van der Waals surface area contributed by atoms with Gasteiger partial charge in [-0.25, -0.2) is 8.78 Å². The molecule has 1 aromatic carbocycles. The molecule has 36 heavy (non-hydrogen) atoms.